The Kier molecular flexibility index (Phi) is 35.0. The molecule has 1 fully saturated rings. The van der Waals surface area contributed by atoms with Gasteiger partial charge < -0.3 is 58.2 Å². The van der Waals surface area contributed by atoms with Crippen LogP contribution < -0.4 is 50.8 Å². The Morgan fingerprint density at radius 3 is 1.77 bits per heavy atom. The number of rotatable bonds is 20. The number of hydrogen-bond acceptors (Lipinski definition) is 9. The number of carboxylic acid groups (broad SMARTS) is 1. The topological polar surface area (TPSA) is 297 Å². The van der Waals surface area contributed by atoms with Gasteiger partial charge in [0.25, 0.3) is 5.97 Å². The second-order valence-corrected chi connectivity index (χ2v) is 10.6. The van der Waals surface area contributed by atoms with Gasteiger partial charge in [0.15, 0.2) is 5.78 Å². The van der Waals surface area contributed by atoms with Crippen LogP contribution in [0.4, 0.5) is 0 Å². The van der Waals surface area contributed by atoms with Crippen molar-refractivity contribution < 1.29 is 99.6 Å². The fourth-order valence-electron chi connectivity index (χ4n) is 4.03. The van der Waals surface area contributed by atoms with E-state index >= 15 is 0 Å². The van der Waals surface area contributed by atoms with Crippen LogP contribution in [0.1, 0.15) is 90.9 Å². The van der Waals surface area contributed by atoms with E-state index in [1.54, 1.807) is 0 Å². The molecule has 0 aromatic carbocycles. The van der Waals surface area contributed by atoms with Crippen LogP contribution in [0, 0.1) is 0 Å². The fourth-order valence-corrected chi connectivity index (χ4v) is 4.03. The molecule has 1 aliphatic rings. The summed E-state index contributed by atoms with van der Waals surface area (Å²) in [7, 11) is 0. The quantitative estimate of drug-likeness (QED) is 0.0398. The SMILES string of the molecule is CCCCCCC(NC(=O)CCCC(=O)NCC(=O)NCC(=O)NCC(=O)[N-]C([C-]=O)C(=O)O)C(C)=O.[NH-][C@H]1CCCC[C@@H]1[NH-].[Na+].[OH-].[Pt]. The number of carbonyl (C=O) groups excluding carboxylic acids is 7. The molecule has 0 spiro atoms. The van der Waals surface area contributed by atoms with E-state index in [2.05, 4.69) is 33.5 Å². The second kappa shape index (κ2) is 32.0. The Bertz CT molecular complexity index is 999. The van der Waals surface area contributed by atoms with Gasteiger partial charge in [-0.2, -0.15) is 12.1 Å². The van der Waals surface area contributed by atoms with Crippen LogP contribution in [0.5, 0.6) is 0 Å². The van der Waals surface area contributed by atoms with Crippen molar-refractivity contribution in [1.82, 2.24) is 21.3 Å². The van der Waals surface area contributed by atoms with E-state index in [1.807, 2.05) is 0 Å². The van der Waals surface area contributed by atoms with E-state index in [0.717, 1.165) is 44.8 Å². The maximum absolute atomic E-state index is 12.1. The fraction of sp³-hybridized carbons (Fsp3) is 0.724. The van der Waals surface area contributed by atoms with Crippen LogP contribution in [-0.2, 0) is 59.4 Å². The molecule has 19 heteroatoms. The van der Waals surface area contributed by atoms with Crippen LogP contribution in [0.25, 0.3) is 16.8 Å². The number of unbranched alkanes of at least 4 members (excludes halogenated alkanes) is 3. The smallest absolute Gasteiger partial charge is 0.870 e. The molecule has 0 saturated heterocycles. The van der Waals surface area contributed by atoms with Gasteiger partial charge in [0.05, 0.1) is 31.6 Å². The largest absolute Gasteiger partial charge is 1.00 e. The number of carbonyl (C=O) groups is 7. The molecule has 0 radical (unpaired) electrons. The van der Waals surface area contributed by atoms with Gasteiger partial charge in [-0.25, -0.2) is 0 Å². The standard InChI is InChI=1S/C23H36N5O9.C6H12N2.Na.H2O.Pt/c1-3-4-5-6-8-16(15(2)30)27-19(32)10-7-9-18(31)24-11-20(33)25-12-21(34)26-13-22(35)28-17(14-29)23(36)37;7-5-3-1-2-4-6(5)8;;;/h16-17H,3-13H2,1-2H3,(H6,24,25,26,27,28,31,32,33,34,35,36,37);5-8H,1-4H2;;1H2;/q-1;-2;+1;;/p-2/t;5-,6-;;;/m.0.../s1. The summed E-state index contributed by atoms with van der Waals surface area (Å²) in [4.78, 5) is 91.4. The first kappa shape index (κ1) is 52.5. The molecule has 0 heterocycles. The number of nitrogens with one attached hydrogen (secondary N) is 6. The molecule has 274 valence electrons. The summed E-state index contributed by atoms with van der Waals surface area (Å²) in [6.07, 6.45) is 10.1. The molecule has 8 N–H and O–H groups in total. The number of aliphatic carboxylic acids is 1. The van der Waals surface area contributed by atoms with Gasteiger partial charge >= 0.3 is 29.6 Å². The zero-order valence-electron chi connectivity index (χ0n) is 27.8. The third-order valence-corrected chi connectivity index (χ3v) is 6.69. The van der Waals surface area contributed by atoms with E-state index in [4.69, 9.17) is 16.6 Å². The molecule has 5 amide bonds. The van der Waals surface area contributed by atoms with E-state index in [-0.39, 0.29) is 99.1 Å². The van der Waals surface area contributed by atoms with E-state index in [0.29, 0.717) is 6.42 Å². The molecular formula is C29H48N7NaO10Pt-4. The minimum atomic E-state index is -1.99. The average Bonchev–Trinajstić information content (AvgIpc) is 2.99. The zero-order chi connectivity index (χ0) is 34.2. The minimum Gasteiger partial charge on any atom is -0.870 e. The van der Waals surface area contributed by atoms with Crippen molar-refractivity contribution in [1.29, 1.82) is 0 Å². The van der Waals surface area contributed by atoms with E-state index in [1.165, 1.54) is 19.8 Å². The van der Waals surface area contributed by atoms with Gasteiger partial charge in [-0.3, -0.25) is 35.1 Å². The number of Topliss-reactive ketones (excluding diaryl/α,β-unsaturated/α-hetero) is 1. The number of ketones is 1. The van der Waals surface area contributed by atoms with Crippen LogP contribution in [0.3, 0.4) is 0 Å². The van der Waals surface area contributed by atoms with Crippen molar-refractivity contribution >= 4 is 47.6 Å². The Morgan fingerprint density at radius 2 is 1.31 bits per heavy atom. The van der Waals surface area contributed by atoms with E-state index < -0.39 is 61.3 Å². The van der Waals surface area contributed by atoms with Crippen molar-refractivity contribution in [3.8, 4) is 0 Å². The van der Waals surface area contributed by atoms with Crippen LogP contribution in [0.15, 0.2) is 0 Å². The van der Waals surface area contributed by atoms with Gasteiger partial charge in [0, 0.05) is 33.9 Å². The summed E-state index contributed by atoms with van der Waals surface area (Å²) in [6, 6.07) is -2.68. The molecular weight excluding hydrogens is 824 g/mol. The average molecular weight is 873 g/mol. The minimum absolute atomic E-state index is 0. The van der Waals surface area contributed by atoms with Crippen molar-refractivity contribution in [2.24, 2.45) is 0 Å². The maximum Gasteiger partial charge on any atom is 1.00 e. The van der Waals surface area contributed by atoms with Gasteiger partial charge in [-0.15, -0.1) is 6.04 Å². The number of hydrogen-bond donors (Lipinski definition) is 5. The third-order valence-electron chi connectivity index (χ3n) is 6.69. The number of nitrogens with zero attached hydrogens (tertiary/aromatic N) is 1. The number of carboxylic acids is 1. The van der Waals surface area contributed by atoms with Crippen LogP contribution in [0.2, 0.25) is 0 Å². The Morgan fingerprint density at radius 1 is 0.812 bits per heavy atom. The summed E-state index contributed by atoms with van der Waals surface area (Å²) in [5.74, 6) is -5.14. The predicted octanol–water partition coefficient (Wildman–Crippen LogP) is -1.76. The first-order valence-electron chi connectivity index (χ1n) is 15.2. The molecule has 0 aromatic heterocycles. The first-order chi connectivity index (χ1) is 21.3. The zero-order valence-corrected chi connectivity index (χ0v) is 32.1. The first-order valence-corrected chi connectivity index (χ1v) is 15.2. The molecule has 4 atom stereocenters. The molecule has 17 nitrogen and oxygen atoms in total. The summed E-state index contributed by atoms with van der Waals surface area (Å²) >= 11 is 0. The predicted molar refractivity (Wildman–Crippen MR) is 166 cm³/mol. The molecule has 1 rings (SSSR count). The summed E-state index contributed by atoms with van der Waals surface area (Å²) in [6.45, 7) is 1.87. The Labute approximate surface area is 318 Å². The second-order valence-electron chi connectivity index (χ2n) is 10.6. The summed E-state index contributed by atoms with van der Waals surface area (Å²) in [5.41, 5.74) is 14.6. The van der Waals surface area contributed by atoms with Gasteiger partial charge in [0.2, 0.25) is 23.6 Å². The van der Waals surface area contributed by atoms with Crippen LogP contribution >= 0.6 is 0 Å². The third kappa shape index (κ3) is 27.7. The Hall–Kier alpha value is -2.27. The molecule has 2 unspecified atom stereocenters. The normalized spacial score (nSPS) is 15.8. The molecule has 0 bridgehead atoms. The maximum atomic E-state index is 12.1. The van der Waals surface area contributed by atoms with Crippen LogP contribution in [-0.4, -0.2) is 102 Å². The van der Waals surface area contributed by atoms with E-state index in [9.17, 15) is 38.4 Å². The molecule has 1 aliphatic carbocycles. The van der Waals surface area contributed by atoms with Crippen molar-refractivity contribution in [3.63, 3.8) is 0 Å². The van der Waals surface area contributed by atoms with Gasteiger partial charge in [0.1, 0.15) is 0 Å². The monoisotopic (exact) mass is 872 g/mol. The Balaban J connectivity index is -0.000000764. The van der Waals surface area contributed by atoms with Crippen molar-refractivity contribution in [2.75, 3.05) is 19.6 Å². The van der Waals surface area contributed by atoms with Gasteiger partial charge in [-0.1, -0.05) is 58.3 Å². The summed E-state index contributed by atoms with van der Waals surface area (Å²) in [5, 5.41) is 20.9. The van der Waals surface area contributed by atoms with Gasteiger partial charge in [-0.05, 0) is 19.8 Å². The molecule has 48 heavy (non-hydrogen) atoms. The van der Waals surface area contributed by atoms with Crippen molar-refractivity contribution in [3.05, 3.63) is 16.8 Å². The number of amides is 5. The van der Waals surface area contributed by atoms with Crippen molar-refractivity contribution in [2.45, 2.75) is 115 Å². The molecule has 1 saturated carbocycles. The summed E-state index contributed by atoms with van der Waals surface area (Å²) < 4.78 is 0. The molecule has 0 aromatic rings. The molecule has 0 aliphatic heterocycles.